The number of rotatable bonds is 5. The van der Waals surface area contributed by atoms with E-state index in [0.29, 0.717) is 11.4 Å². The minimum absolute atomic E-state index is 0.0635. The molecule has 1 heterocycles. The molecular formula is C22H26N4O3. The second-order valence-electron chi connectivity index (χ2n) is 7.42. The number of fused-ring (bicyclic) bond motifs is 1. The fraction of sp³-hybridized carbons (Fsp3) is 0.318. The van der Waals surface area contributed by atoms with Crippen molar-refractivity contribution in [3.8, 4) is 0 Å². The smallest absolute Gasteiger partial charge is 0.241 e. The molecule has 0 fully saturated rings. The molecule has 3 rings (SSSR count). The SMILES string of the molecule is Cc1ccccc1NC(=O)CN(C)CC(=O)N1c2ccccc2NC(=O)CC1C. The average molecular weight is 394 g/mol. The summed E-state index contributed by atoms with van der Waals surface area (Å²) >= 11 is 0. The Morgan fingerprint density at radius 2 is 1.83 bits per heavy atom. The summed E-state index contributed by atoms with van der Waals surface area (Å²) < 4.78 is 0. The molecule has 0 radical (unpaired) electrons. The molecule has 0 spiro atoms. The van der Waals surface area contributed by atoms with Gasteiger partial charge in [-0.25, -0.2) is 0 Å². The largest absolute Gasteiger partial charge is 0.325 e. The van der Waals surface area contributed by atoms with Crippen LogP contribution in [0.4, 0.5) is 17.1 Å². The minimum Gasteiger partial charge on any atom is -0.325 e. The van der Waals surface area contributed by atoms with Crippen molar-refractivity contribution in [2.24, 2.45) is 0 Å². The monoisotopic (exact) mass is 394 g/mol. The summed E-state index contributed by atoms with van der Waals surface area (Å²) in [6.07, 6.45) is 0.220. The molecule has 0 bridgehead atoms. The van der Waals surface area contributed by atoms with Gasteiger partial charge in [-0.2, -0.15) is 0 Å². The van der Waals surface area contributed by atoms with Crippen LogP contribution in [0.15, 0.2) is 48.5 Å². The zero-order chi connectivity index (χ0) is 21.0. The second-order valence-corrected chi connectivity index (χ2v) is 7.42. The van der Waals surface area contributed by atoms with Gasteiger partial charge in [-0.3, -0.25) is 19.3 Å². The molecule has 1 atom stereocenters. The van der Waals surface area contributed by atoms with Gasteiger partial charge in [-0.1, -0.05) is 30.3 Å². The average Bonchev–Trinajstić information content (AvgIpc) is 2.77. The number of likely N-dealkylation sites (N-methyl/N-ethyl adjacent to an activating group) is 1. The highest BCUT2D eigenvalue weighted by Gasteiger charge is 2.30. The Balaban J connectivity index is 1.66. The molecule has 1 unspecified atom stereocenters. The molecule has 2 N–H and O–H groups in total. The van der Waals surface area contributed by atoms with Crippen molar-refractivity contribution in [2.75, 3.05) is 35.7 Å². The molecule has 0 saturated carbocycles. The summed E-state index contributed by atoms with van der Waals surface area (Å²) in [6, 6.07) is 14.5. The van der Waals surface area contributed by atoms with Gasteiger partial charge in [0.1, 0.15) is 0 Å². The molecule has 0 aromatic heterocycles. The quantitative estimate of drug-likeness (QED) is 0.817. The summed E-state index contributed by atoms with van der Waals surface area (Å²) in [5.74, 6) is -0.463. The van der Waals surface area contributed by atoms with E-state index < -0.39 is 0 Å². The van der Waals surface area contributed by atoms with Gasteiger partial charge in [0.25, 0.3) is 0 Å². The lowest BCUT2D eigenvalue weighted by molar-refractivity contribution is -0.121. The van der Waals surface area contributed by atoms with Crippen LogP contribution in [0.1, 0.15) is 18.9 Å². The molecule has 1 aliphatic heterocycles. The first kappa shape index (κ1) is 20.5. The van der Waals surface area contributed by atoms with Gasteiger partial charge in [0, 0.05) is 18.2 Å². The normalized spacial score (nSPS) is 16.1. The highest BCUT2D eigenvalue weighted by molar-refractivity contribution is 6.05. The van der Waals surface area contributed by atoms with Crippen molar-refractivity contribution in [3.63, 3.8) is 0 Å². The highest BCUT2D eigenvalue weighted by Crippen LogP contribution is 2.31. The summed E-state index contributed by atoms with van der Waals surface area (Å²) in [5, 5.41) is 5.72. The molecule has 2 aromatic carbocycles. The van der Waals surface area contributed by atoms with Gasteiger partial charge in [-0.05, 0) is 44.7 Å². The van der Waals surface area contributed by atoms with Gasteiger partial charge in [0.15, 0.2) is 0 Å². The molecule has 7 heteroatoms. The fourth-order valence-electron chi connectivity index (χ4n) is 3.48. The summed E-state index contributed by atoms with van der Waals surface area (Å²) in [5.41, 5.74) is 3.03. The van der Waals surface area contributed by atoms with E-state index in [-0.39, 0.29) is 43.3 Å². The van der Waals surface area contributed by atoms with E-state index in [4.69, 9.17) is 0 Å². The summed E-state index contributed by atoms with van der Waals surface area (Å²) in [4.78, 5) is 40.8. The van der Waals surface area contributed by atoms with Gasteiger partial charge >= 0.3 is 0 Å². The van der Waals surface area contributed by atoms with Gasteiger partial charge in [0.2, 0.25) is 17.7 Å². The first-order valence-electron chi connectivity index (χ1n) is 9.60. The van der Waals surface area contributed by atoms with Gasteiger partial charge in [0.05, 0.1) is 24.5 Å². The molecule has 0 aliphatic carbocycles. The Bertz CT molecular complexity index is 928. The maximum absolute atomic E-state index is 13.0. The van der Waals surface area contributed by atoms with Crippen LogP contribution in [-0.4, -0.2) is 48.8 Å². The van der Waals surface area contributed by atoms with Crippen LogP contribution in [0.5, 0.6) is 0 Å². The van der Waals surface area contributed by atoms with Crippen LogP contribution in [0.2, 0.25) is 0 Å². The van der Waals surface area contributed by atoms with E-state index in [1.54, 1.807) is 22.9 Å². The highest BCUT2D eigenvalue weighted by atomic mass is 16.2. The Kier molecular flexibility index (Phi) is 6.29. The predicted molar refractivity (Wildman–Crippen MR) is 114 cm³/mol. The number of aryl methyl sites for hydroxylation is 1. The van der Waals surface area contributed by atoms with E-state index >= 15 is 0 Å². The van der Waals surface area contributed by atoms with Crippen molar-refractivity contribution in [1.29, 1.82) is 0 Å². The Morgan fingerprint density at radius 3 is 2.59 bits per heavy atom. The second kappa shape index (κ2) is 8.87. The summed E-state index contributed by atoms with van der Waals surface area (Å²) in [6.45, 7) is 3.93. The number of hydrogen-bond donors (Lipinski definition) is 2. The molecular weight excluding hydrogens is 368 g/mol. The minimum atomic E-state index is -0.277. The third-order valence-electron chi connectivity index (χ3n) is 4.87. The molecule has 152 valence electrons. The molecule has 0 saturated heterocycles. The van der Waals surface area contributed by atoms with E-state index in [9.17, 15) is 14.4 Å². The van der Waals surface area contributed by atoms with Crippen molar-refractivity contribution in [1.82, 2.24) is 4.90 Å². The van der Waals surface area contributed by atoms with Crippen LogP contribution in [-0.2, 0) is 14.4 Å². The van der Waals surface area contributed by atoms with Crippen LogP contribution in [0.25, 0.3) is 0 Å². The Morgan fingerprint density at radius 1 is 1.14 bits per heavy atom. The number of carbonyl (C=O) groups excluding carboxylic acids is 3. The third-order valence-corrected chi connectivity index (χ3v) is 4.87. The van der Waals surface area contributed by atoms with E-state index in [0.717, 1.165) is 11.3 Å². The number of carbonyl (C=O) groups is 3. The lowest BCUT2D eigenvalue weighted by Gasteiger charge is -2.29. The zero-order valence-electron chi connectivity index (χ0n) is 16.9. The maximum atomic E-state index is 13.0. The van der Waals surface area contributed by atoms with Crippen molar-refractivity contribution >= 4 is 34.8 Å². The number of amides is 3. The lowest BCUT2D eigenvalue weighted by Crippen LogP contribution is -2.45. The van der Waals surface area contributed by atoms with Crippen LogP contribution in [0.3, 0.4) is 0 Å². The van der Waals surface area contributed by atoms with E-state index in [1.807, 2.05) is 56.3 Å². The fourth-order valence-corrected chi connectivity index (χ4v) is 3.48. The predicted octanol–water partition coefficient (Wildman–Crippen LogP) is 2.63. The van der Waals surface area contributed by atoms with Crippen molar-refractivity contribution in [2.45, 2.75) is 26.3 Å². The number of para-hydroxylation sites is 3. The van der Waals surface area contributed by atoms with Crippen molar-refractivity contribution in [3.05, 3.63) is 54.1 Å². The maximum Gasteiger partial charge on any atom is 0.241 e. The number of nitrogens with zero attached hydrogens (tertiary/aromatic N) is 2. The lowest BCUT2D eigenvalue weighted by atomic mass is 10.1. The topological polar surface area (TPSA) is 81.8 Å². The molecule has 7 nitrogen and oxygen atoms in total. The van der Waals surface area contributed by atoms with Crippen LogP contribution < -0.4 is 15.5 Å². The van der Waals surface area contributed by atoms with E-state index in [2.05, 4.69) is 10.6 Å². The molecule has 29 heavy (non-hydrogen) atoms. The summed E-state index contributed by atoms with van der Waals surface area (Å²) in [7, 11) is 1.73. The van der Waals surface area contributed by atoms with Gasteiger partial charge in [-0.15, -0.1) is 0 Å². The van der Waals surface area contributed by atoms with Crippen LogP contribution >= 0.6 is 0 Å². The van der Waals surface area contributed by atoms with Crippen molar-refractivity contribution < 1.29 is 14.4 Å². The number of benzene rings is 2. The molecule has 2 aromatic rings. The molecule has 1 aliphatic rings. The number of nitrogens with one attached hydrogen (secondary N) is 2. The van der Waals surface area contributed by atoms with Crippen LogP contribution in [0, 0.1) is 6.92 Å². The third kappa shape index (κ3) is 5.00. The van der Waals surface area contributed by atoms with Gasteiger partial charge < -0.3 is 15.5 Å². The number of hydrogen-bond acceptors (Lipinski definition) is 4. The molecule has 3 amide bonds. The Labute approximate surface area is 170 Å². The number of anilines is 3. The van der Waals surface area contributed by atoms with E-state index in [1.165, 1.54) is 0 Å². The standard InChI is InChI=1S/C22H26N4O3/c1-15-8-4-5-9-17(15)23-21(28)13-25(3)14-22(29)26-16(2)12-20(27)24-18-10-6-7-11-19(18)26/h4-11,16H,12-14H2,1-3H3,(H,23,28)(H,24,27). The Hall–Kier alpha value is -3.19. The first-order valence-corrected chi connectivity index (χ1v) is 9.60. The first-order chi connectivity index (χ1) is 13.8. The zero-order valence-corrected chi connectivity index (χ0v) is 16.9.